The van der Waals surface area contributed by atoms with Gasteiger partial charge in [0.1, 0.15) is 11.4 Å². The van der Waals surface area contributed by atoms with Gasteiger partial charge in [-0.3, -0.25) is 0 Å². The molecule has 1 unspecified atom stereocenters. The summed E-state index contributed by atoms with van der Waals surface area (Å²) in [6.45, 7) is 12.0. The monoisotopic (exact) mass is 293 g/mol. The van der Waals surface area contributed by atoms with Crippen LogP contribution in [0.5, 0.6) is 5.75 Å². The molecule has 0 radical (unpaired) electrons. The second kappa shape index (κ2) is 5.61. The maximum Gasteiger partial charge on any atom is 0.128 e. The summed E-state index contributed by atoms with van der Waals surface area (Å²) in [4.78, 5) is 0. The first kappa shape index (κ1) is 15.7. The minimum atomic E-state index is -0.0979. The molecule has 1 aromatic carbocycles. The van der Waals surface area contributed by atoms with E-state index in [0.29, 0.717) is 0 Å². The smallest absolute Gasteiger partial charge is 0.128 e. The van der Waals surface area contributed by atoms with Gasteiger partial charge in [0.05, 0.1) is 5.54 Å². The Hall–Kier alpha value is -0.670. The molecule has 0 aliphatic carbocycles. The molecule has 20 heavy (non-hydrogen) atoms. The van der Waals surface area contributed by atoms with Gasteiger partial charge in [-0.25, -0.2) is 4.31 Å². The highest BCUT2D eigenvalue weighted by Crippen LogP contribution is 2.45. The number of para-hydroxylation sites is 1. The number of hydrogen-bond donors (Lipinski definition) is 1. The minimum absolute atomic E-state index is 0.0924. The molecule has 112 valence electrons. The van der Waals surface area contributed by atoms with E-state index in [0.717, 1.165) is 31.6 Å². The lowest BCUT2D eigenvalue weighted by molar-refractivity contribution is 0.129. The van der Waals surface area contributed by atoms with Crippen LogP contribution >= 0.6 is 12.8 Å². The first-order valence-electron chi connectivity index (χ1n) is 7.62. The SMILES string of the molecule is CCCN(S)C(C)(CC)c1cccc2c1OC(C)(C)C2. The van der Waals surface area contributed by atoms with E-state index in [1.54, 1.807) is 0 Å². The van der Waals surface area contributed by atoms with Crippen molar-refractivity contribution in [2.75, 3.05) is 6.54 Å². The number of hydrogen-bond acceptors (Lipinski definition) is 3. The molecule has 1 heterocycles. The normalized spacial score (nSPS) is 19.6. The fourth-order valence-electron chi connectivity index (χ4n) is 3.01. The van der Waals surface area contributed by atoms with E-state index >= 15 is 0 Å². The summed E-state index contributed by atoms with van der Waals surface area (Å²) in [5, 5.41) is 0. The Kier molecular flexibility index (Phi) is 4.41. The molecule has 1 atom stereocenters. The van der Waals surface area contributed by atoms with Crippen molar-refractivity contribution in [3.8, 4) is 5.75 Å². The standard InChI is InChI=1S/C17H27NOS/c1-6-11-18(20)17(5,7-2)14-10-8-9-13-12-16(3,4)19-15(13)14/h8-10,20H,6-7,11-12H2,1-5H3. The molecule has 0 saturated carbocycles. The highest BCUT2D eigenvalue weighted by atomic mass is 32.1. The molecule has 1 aromatic rings. The number of benzene rings is 1. The van der Waals surface area contributed by atoms with Gasteiger partial charge < -0.3 is 4.74 Å². The van der Waals surface area contributed by atoms with Crippen molar-refractivity contribution in [3.63, 3.8) is 0 Å². The van der Waals surface area contributed by atoms with E-state index in [4.69, 9.17) is 17.6 Å². The minimum Gasteiger partial charge on any atom is -0.487 e. The molecular weight excluding hydrogens is 266 g/mol. The molecule has 0 N–H and O–H groups in total. The van der Waals surface area contributed by atoms with Crippen molar-refractivity contribution in [2.24, 2.45) is 0 Å². The van der Waals surface area contributed by atoms with Gasteiger partial charge in [-0.05, 0) is 39.2 Å². The Morgan fingerprint density at radius 1 is 1.35 bits per heavy atom. The van der Waals surface area contributed by atoms with Crippen LogP contribution in [-0.2, 0) is 12.0 Å². The molecule has 0 amide bonds. The van der Waals surface area contributed by atoms with Crippen LogP contribution in [0.15, 0.2) is 18.2 Å². The summed E-state index contributed by atoms with van der Waals surface area (Å²) < 4.78 is 8.41. The van der Waals surface area contributed by atoms with Gasteiger partial charge in [0, 0.05) is 18.5 Å². The summed E-state index contributed by atoms with van der Waals surface area (Å²) in [5.41, 5.74) is 2.40. The molecule has 2 rings (SSSR count). The van der Waals surface area contributed by atoms with Crippen molar-refractivity contribution in [1.29, 1.82) is 0 Å². The van der Waals surface area contributed by atoms with Crippen LogP contribution in [0.25, 0.3) is 0 Å². The van der Waals surface area contributed by atoms with E-state index in [2.05, 4.69) is 57.1 Å². The van der Waals surface area contributed by atoms with Crippen molar-refractivity contribution in [3.05, 3.63) is 29.3 Å². The van der Waals surface area contributed by atoms with E-state index in [1.165, 1.54) is 11.1 Å². The third-order valence-corrected chi connectivity index (χ3v) is 5.01. The van der Waals surface area contributed by atoms with Crippen molar-refractivity contribution in [1.82, 2.24) is 4.31 Å². The van der Waals surface area contributed by atoms with Gasteiger partial charge in [0.15, 0.2) is 0 Å². The Morgan fingerprint density at radius 2 is 2.05 bits per heavy atom. The van der Waals surface area contributed by atoms with Gasteiger partial charge in [-0.2, -0.15) is 0 Å². The molecule has 1 aliphatic rings. The van der Waals surface area contributed by atoms with Crippen LogP contribution in [0.1, 0.15) is 58.6 Å². The van der Waals surface area contributed by atoms with E-state index in [-0.39, 0.29) is 11.1 Å². The van der Waals surface area contributed by atoms with Gasteiger partial charge in [-0.1, -0.05) is 44.9 Å². The maximum absolute atomic E-state index is 6.24. The van der Waals surface area contributed by atoms with E-state index in [9.17, 15) is 0 Å². The van der Waals surface area contributed by atoms with Gasteiger partial charge in [-0.15, -0.1) is 0 Å². The molecule has 0 bridgehead atoms. The summed E-state index contributed by atoms with van der Waals surface area (Å²) in [6, 6.07) is 6.54. The van der Waals surface area contributed by atoms with Crippen LogP contribution < -0.4 is 4.74 Å². The number of thiol groups is 1. The van der Waals surface area contributed by atoms with E-state index < -0.39 is 0 Å². The Balaban J connectivity index is 2.45. The molecule has 1 aliphatic heterocycles. The predicted octanol–water partition coefficient (Wildman–Crippen LogP) is 4.58. The highest BCUT2D eigenvalue weighted by molar-refractivity contribution is 7.77. The topological polar surface area (TPSA) is 12.5 Å². The van der Waals surface area contributed by atoms with Crippen LogP contribution in [0.2, 0.25) is 0 Å². The Morgan fingerprint density at radius 3 is 2.65 bits per heavy atom. The van der Waals surface area contributed by atoms with Crippen molar-refractivity contribution >= 4 is 12.8 Å². The molecule has 0 aromatic heterocycles. The number of rotatable bonds is 5. The van der Waals surface area contributed by atoms with Gasteiger partial charge >= 0.3 is 0 Å². The third-order valence-electron chi connectivity index (χ3n) is 4.36. The lowest BCUT2D eigenvalue weighted by Crippen LogP contribution is -2.38. The summed E-state index contributed by atoms with van der Waals surface area (Å²) in [6.07, 6.45) is 3.09. The number of fused-ring (bicyclic) bond motifs is 1. The highest BCUT2D eigenvalue weighted by Gasteiger charge is 2.38. The van der Waals surface area contributed by atoms with Crippen LogP contribution in [-0.4, -0.2) is 16.5 Å². The van der Waals surface area contributed by atoms with Crippen molar-refractivity contribution in [2.45, 2.75) is 65.0 Å². The average Bonchev–Trinajstić information content (AvgIpc) is 2.71. The fourth-order valence-corrected chi connectivity index (χ4v) is 3.46. The van der Waals surface area contributed by atoms with E-state index in [1.807, 2.05) is 0 Å². The largest absolute Gasteiger partial charge is 0.487 e. The first-order valence-corrected chi connectivity index (χ1v) is 8.02. The van der Waals surface area contributed by atoms with Crippen LogP contribution in [0.4, 0.5) is 0 Å². The Labute approximate surface area is 129 Å². The Bertz CT molecular complexity index is 486. The van der Waals surface area contributed by atoms with Crippen LogP contribution in [0, 0.1) is 0 Å². The zero-order valence-electron chi connectivity index (χ0n) is 13.4. The quantitative estimate of drug-likeness (QED) is 0.798. The number of nitrogens with zero attached hydrogens (tertiary/aromatic N) is 1. The fraction of sp³-hybridized carbons (Fsp3) is 0.647. The zero-order chi connectivity index (χ0) is 15.0. The second-order valence-corrected chi connectivity index (χ2v) is 7.07. The molecular formula is C17H27NOS. The second-order valence-electron chi connectivity index (χ2n) is 6.58. The lowest BCUT2D eigenvalue weighted by Gasteiger charge is -2.38. The maximum atomic E-state index is 6.24. The number of ether oxygens (including phenoxy) is 1. The molecule has 2 nitrogen and oxygen atoms in total. The van der Waals surface area contributed by atoms with Crippen molar-refractivity contribution < 1.29 is 4.74 Å². The summed E-state index contributed by atoms with van der Waals surface area (Å²) >= 11 is 4.74. The molecule has 0 fully saturated rings. The lowest BCUT2D eigenvalue weighted by atomic mass is 9.86. The summed E-state index contributed by atoms with van der Waals surface area (Å²) in [7, 11) is 0. The first-order chi connectivity index (χ1) is 9.34. The molecule has 0 saturated heterocycles. The van der Waals surface area contributed by atoms with Gasteiger partial charge in [0.25, 0.3) is 0 Å². The summed E-state index contributed by atoms with van der Waals surface area (Å²) in [5.74, 6) is 1.08. The molecule has 0 spiro atoms. The van der Waals surface area contributed by atoms with Gasteiger partial charge in [0.2, 0.25) is 0 Å². The zero-order valence-corrected chi connectivity index (χ0v) is 14.3. The average molecular weight is 293 g/mol. The third kappa shape index (κ3) is 2.71. The molecule has 3 heteroatoms. The van der Waals surface area contributed by atoms with Crippen LogP contribution in [0.3, 0.4) is 0 Å². The predicted molar refractivity (Wildman–Crippen MR) is 88.5 cm³/mol.